The molecule has 1 atom stereocenters. The lowest BCUT2D eigenvalue weighted by Crippen LogP contribution is -2.45. The fraction of sp³-hybridized carbons (Fsp3) is 0.273. The van der Waals surface area contributed by atoms with Crippen LogP contribution in [0.1, 0.15) is 22.7 Å². The third kappa shape index (κ3) is 2.81. The fourth-order valence-electron chi connectivity index (χ4n) is 3.92. The predicted octanol–water partition coefficient (Wildman–Crippen LogP) is 3.31. The van der Waals surface area contributed by atoms with Crippen molar-refractivity contribution in [2.75, 3.05) is 25.6 Å². The van der Waals surface area contributed by atoms with Crippen LogP contribution in [0.5, 0.6) is 5.75 Å². The van der Waals surface area contributed by atoms with Crippen LogP contribution < -0.4 is 15.0 Å². The first-order valence-corrected chi connectivity index (χ1v) is 9.21. The molecule has 144 valence electrons. The number of anilines is 1. The van der Waals surface area contributed by atoms with Gasteiger partial charge in [-0.3, -0.25) is 9.69 Å². The first-order valence-electron chi connectivity index (χ1n) is 9.21. The molecule has 6 nitrogen and oxygen atoms in total. The van der Waals surface area contributed by atoms with E-state index in [1.165, 1.54) is 4.90 Å². The summed E-state index contributed by atoms with van der Waals surface area (Å²) < 4.78 is 5.21. The van der Waals surface area contributed by atoms with Crippen LogP contribution >= 0.6 is 0 Å². The van der Waals surface area contributed by atoms with Crippen LogP contribution in [0.2, 0.25) is 0 Å². The number of hydrogen-bond acceptors (Lipinski definition) is 3. The molecule has 1 unspecified atom stereocenters. The lowest BCUT2D eigenvalue weighted by Gasteiger charge is -2.31. The highest BCUT2D eigenvalue weighted by molar-refractivity contribution is 6.11. The molecule has 2 aliphatic heterocycles. The molecule has 1 N–H and O–H groups in total. The number of carbonyl (C=O) groups is 2. The molecule has 0 radical (unpaired) electrons. The molecule has 2 aliphatic rings. The number of carbonyl (C=O) groups excluding carboxylic acids is 2. The highest BCUT2D eigenvalue weighted by Crippen LogP contribution is 2.38. The van der Waals surface area contributed by atoms with E-state index in [0.717, 1.165) is 33.8 Å². The van der Waals surface area contributed by atoms with Crippen molar-refractivity contribution < 1.29 is 14.3 Å². The zero-order chi connectivity index (χ0) is 20.0. The largest absolute Gasteiger partial charge is 0.497 e. The Morgan fingerprint density at radius 3 is 2.43 bits per heavy atom. The predicted molar refractivity (Wildman–Crippen MR) is 107 cm³/mol. The van der Waals surface area contributed by atoms with Gasteiger partial charge in [-0.05, 0) is 49.2 Å². The summed E-state index contributed by atoms with van der Waals surface area (Å²) in [6.07, 6.45) is 0. The van der Waals surface area contributed by atoms with E-state index in [9.17, 15) is 9.59 Å². The van der Waals surface area contributed by atoms with Gasteiger partial charge in [0.2, 0.25) is 0 Å². The Balaban J connectivity index is 1.75. The lowest BCUT2D eigenvalue weighted by atomic mass is 9.91. The molecular formula is C22H23N3O3. The molecule has 4 rings (SSSR count). The molecule has 0 saturated heterocycles. The van der Waals surface area contributed by atoms with Gasteiger partial charge in [0.05, 0.1) is 31.0 Å². The number of likely N-dealkylation sites (N-methyl/N-ethyl adjacent to an activating group) is 1. The Hall–Kier alpha value is -3.28. The first-order chi connectivity index (χ1) is 13.4. The van der Waals surface area contributed by atoms with E-state index in [4.69, 9.17) is 4.74 Å². The average molecular weight is 377 g/mol. The number of ether oxygens (including phenoxy) is 1. The van der Waals surface area contributed by atoms with Crippen LogP contribution in [0.15, 0.2) is 53.7 Å². The minimum absolute atomic E-state index is 0.0861. The molecule has 0 bridgehead atoms. The number of nitrogens with zero attached hydrogens (tertiary/aromatic N) is 2. The molecule has 3 amide bonds. The van der Waals surface area contributed by atoms with Crippen LogP contribution in [-0.4, -0.2) is 37.5 Å². The second-order valence-electron chi connectivity index (χ2n) is 7.25. The Morgan fingerprint density at radius 2 is 1.79 bits per heavy atom. The standard InChI is InChI=1S/C22H23N3O3/c1-13-5-10-17(14(2)11-13)20-19-18(24(3)22(27)23-20)12-25(21(19)26)15-6-8-16(28-4)9-7-15/h5-11,20H,12H2,1-4H3,(H,23,27). The van der Waals surface area contributed by atoms with Gasteiger partial charge in [-0.25, -0.2) is 4.79 Å². The number of benzene rings is 2. The molecule has 6 heteroatoms. The quantitative estimate of drug-likeness (QED) is 0.893. The third-order valence-corrected chi connectivity index (χ3v) is 5.48. The molecule has 2 aromatic rings. The summed E-state index contributed by atoms with van der Waals surface area (Å²) in [4.78, 5) is 29.2. The van der Waals surface area contributed by atoms with Gasteiger partial charge in [-0.2, -0.15) is 0 Å². The van der Waals surface area contributed by atoms with E-state index in [-0.39, 0.29) is 11.9 Å². The van der Waals surface area contributed by atoms with Gasteiger partial charge in [0.1, 0.15) is 5.75 Å². The van der Waals surface area contributed by atoms with Crippen molar-refractivity contribution in [3.63, 3.8) is 0 Å². The zero-order valence-corrected chi connectivity index (χ0v) is 16.4. The number of methoxy groups -OCH3 is 1. The Bertz CT molecular complexity index is 995. The van der Waals surface area contributed by atoms with Crippen LogP contribution in [0.25, 0.3) is 0 Å². The maximum absolute atomic E-state index is 13.4. The van der Waals surface area contributed by atoms with Crippen molar-refractivity contribution >= 4 is 17.6 Å². The van der Waals surface area contributed by atoms with Gasteiger partial charge >= 0.3 is 6.03 Å². The minimum Gasteiger partial charge on any atom is -0.497 e. The van der Waals surface area contributed by atoms with Crippen LogP contribution in [0, 0.1) is 13.8 Å². The molecule has 0 spiro atoms. The normalized spacial score (nSPS) is 19.1. The summed E-state index contributed by atoms with van der Waals surface area (Å²) in [5, 5.41) is 3.00. The third-order valence-electron chi connectivity index (χ3n) is 5.48. The van der Waals surface area contributed by atoms with Crippen molar-refractivity contribution in [3.8, 4) is 5.75 Å². The van der Waals surface area contributed by atoms with Gasteiger partial charge in [0.25, 0.3) is 5.91 Å². The van der Waals surface area contributed by atoms with Crippen LogP contribution in [0.3, 0.4) is 0 Å². The van der Waals surface area contributed by atoms with Gasteiger partial charge < -0.3 is 15.0 Å². The Morgan fingerprint density at radius 1 is 1.07 bits per heavy atom. The molecule has 2 heterocycles. The number of aryl methyl sites for hydroxylation is 2. The number of hydrogen-bond donors (Lipinski definition) is 1. The van der Waals surface area contributed by atoms with Crippen molar-refractivity contribution in [1.29, 1.82) is 0 Å². The molecule has 2 aromatic carbocycles. The van der Waals surface area contributed by atoms with Crippen LogP contribution in [-0.2, 0) is 4.79 Å². The van der Waals surface area contributed by atoms with Crippen molar-refractivity contribution in [3.05, 3.63) is 70.4 Å². The smallest absolute Gasteiger partial charge is 0.322 e. The van der Waals surface area contributed by atoms with Gasteiger partial charge in [0.15, 0.2) is 0 Å². The van der Waals surface area contributed by atoms with Crippen molar-refractivity contribution in [2.24, 2.45) is 0 Å². The minimum atomic E-state index is -0.449. The van der Waals surface area contributed by atoms with Crippen LogP contribution in [0.4, 0.5) is 10.5 Å². The second kappa shape index (κ2) is 6.71. The van der Waals surface area contributed by atoms with Gasteiger partial charge in [-0.15, -0.1) is 0 Å². The molecule has 0 saturated carbocycles. The summed E-state index contributed by atoms with van der Waals surface area (Å²) in [7, 11) is 3.31. The number of amides is 3. The Kier molecular flexibility index (Phi) is 4.34. The van der Waals surface area contributed by atoms with E-state index in [2.05, 4.69) is 11.4 Å². The lowest BCUT2D eigenvalue weighted by molar-refractivity contribution is -0.114. The summed E-state index contributed by atoms with van der Waals surface area (Å²) in [6.45, 7) is 4.40. The van der Waals surface area contributed by atoms with E-state index in [1.807, 2.05) is 50.2 Å². The highest BCUT2D eigenvalue weighted by atomic mass is 16.5. The molecule has 0 aromatic heterocycles. The van der Waals surface area contributed by atoms with E-state index >= 15 is 0 Å². The zero-order valence-electron chi connectivity index (χ0n) is 16.4. The Labute approximate surface area is 164 Å². The second-order valence-corrected chi connectivity index (χ2v) is 7.25. The number of nitrogens with one attached hydrogen (secondary N) is 1. The highest BCUT2D eigenvalue weighted by Gasteiger charge is 2.43. The summed E-state index contributed by atoms with van der Waals surface area (Å²) in [5.41, 5.74) is 5.30. The maximum Gasteiger partial charge on any atom is 0.322 e. The van der Waals surface area contributed by atoms with Crippen molar-refractivity contribution in [2.45, 2.75) is 19.9 Å². The first kappa shape index (κ1) is 18.1. The molecule has 28 heavy (non-hydrogen) atoms. The fourth-order valence-corrected chi connectivity index (χ4v) is 3.92. The summed E-state index contributed by atoms with van der Waals surface area (Å²) in [5.74, 6) is 0.646. The van der Waals surface area contributed by atoms with Gasteiger partial charge in [-0.1, -0.05) is 23.8 Å². The van der Waals surface area contributed by atoms with Gasteiger partial charge in [0, 0.05) is 12.7 Å². The van der Waals surface area contributed by atoms with E-state index < -0.39 is 6.04 Å². The molecular weight excluding hydrogens is 354 g/mol. The van der Waals surface area contributed by atoms with E-state index in [0.29, 0.717) is 12.1 Å². The monoisotopic (exact) mass is 377 g/mol. The molecule has 0 aliphatic carbocycles. The SMILES string of the molecule is COc1ccc(N2CC3=C(C2=O)C(c2ccc(C)cc2C)NC(=O)N3C)cc1. The number of rotatable bonds is 3. The number of urea groups is 1. The summed E-state index contributed by atoms with van der Waals surface area (Å²) in [6, 6.07) is 12.8. The topological polar surface area (TPSA) is 61.9 Å². The summed E-state index contributed by atoms with van der Waals surface area (Å²) >= 11 is 0. The van der Waals surface area contributed by atoms with Crippen molar-refractivity contribution in [1.82, 2.24) is 10.2 Å². The maximum atomic E-state index is 13.4. The molecule has 0 fully saturated rings. The van der Waals surface area contributed by atoms with E-state index in [1.54, 1.807) is 19.1 Å². The average Bonchev–Trinajstić information content (AvgIpc) is 3.03.